The largest absolute Gasteiger partial charge is 0.396 e. The van der Waals surface area contributed by atoms with Crippen LogP contribution >= 0.6 is 11.8 Å². The van der Waals surface area contributed by atoms with Crippen LogP contribution in [0.1, 0.15) is 29.8 Å². The van der Waals surface area contributed by atoms with Gasteiger partial charge in [0, 0.05) is 23.7 Å². The topological polar surface area (TPSA) is 46.0 Å². The van der Waals surface area contributed by atoms with Crippen molar-refractivity contribution >= 4 is 11.8 Å². The summed E-state index contributed by atoms with van der Waals surface area (Å²) in [4.78, 5) is 8.84. The maximum atomic E-state index is 8.65. The van der Waals surface area contributed by atoms with Crippen molar-refractivity contribution in [3.8, 4) is 0 Å². The minimum atomic E-state index is 0.271. The van der Waals surface area contributed by atoms with Crippen LogP contribution in [-0.2, 0) is 0 Å². The van der Waals surface area contributed by atoms with E-state index in [1.807, 2.05) is 20.8 Å². The normalized spacial score (nSPS) is 10.7. The summed E-state index contributed by atoms with van der Waals surface area (Å²) in [6.07, 6.45) is 1.87. The minimum absolute atomic E-state index is 0.271. The Morgan fingerprint density at radius 1 is 1.07 bits per heavy atom. The van der Waals surface area contributed by atoms with Crippen LogP contribution in [0.2, 0.25) is 0 Å². The molecule has 84 valence electrons. The first-order valence-electron chi connectivity index (χ1n) is 5.20. The fourth-order valence-corrected chi connectivity index (χ4v) is 2.12. The number of aromatic nitrogens is 2. The standard InChI is InChI=1S/C11H18N2OS/c1-8-9(2)12-11(13-10(8)3)15-7-5-4-6-14/h14H,4-7H2,1-3H3. The maximum Gasteiger partial charge on any atom is 0.187 e. The molecule has 0 fully saturated rings. The van der Waals surface area contributed by atoms with E-state index < -0.39 is 0 Å². The highest BCUT2D eigenvalue weighted by Crippen LogP contribution is 2.18. The van der Waals surface area contributed by atoms with Gasteiger partial charge in [-0.1, -0.05) is 11.8 Å². The number of aliphatic hydroxyl groups excluding tert-OH is 1. The molecule has 0 aliphatic rings. The molecule has 1 N–H and O–H groups in total. The SMILES string of the molecule is Cc1nc(SCCCCO)nc(C)c1C. The fourth-order valence-electron chi connectivity index (χ4n) is 1.18. The highest BCUT2D eigenvalue weighted by molar-refractivity contribution is 7.99. The molecule has 0 saturated heterocycles. The molecule has 1 aromatic heterocycles. The third-order valence-electron chi connectivity index (χ3n) is 2.40. The smallest absolute Gasteiger partial charge is 0.187 e. The number of hydrogen-bond donors (Lipinski definition) is 1. The summed E-state index contributed by atoms with van der Waals surface area (Å²) in [5, 5.41) is 9.50. The summed E-state index contributed by atoms with van der Waals surface area (Å²) < 4.78 is 0. The summed E-state index contributed by atoms with van der Waals surface area (Å²) >= 11 is 1.66. The lowest BCUT2D eigenvalue weighted by molar-refractivity contribution is 0.287. The lowest BCUT2D eigenvalue weighted by atomic mass is 10.2. The van der Waals surface area contributed by atoms with Gasteiger partial charge >= 0.3 is 0 Å². The Bertz CT molecular complexity index is 305. The zero-order valence-corrected chi connectivity index (χ0v) is 10.4. The molecule has 15 heavy (non-hydrogen) atoms. The van der Waals surface area contributed by atoms with Crippen LogP contribution in [0.3, 0.4) is 0 Å². The summed E-state index contributed by atoms with van der Waals surface area (Å²) in [5.41, 5.74) is 3.30. The monoisotopic (exact) mass is 226 g/mol. The van der Waals surface area contributed by atoms with Crippen LogP contribution < -0.4 is 0 Å². The molecule has 0 aliphatic carbocycles. The molecule has 0 aliphatic heterocycles. The molecule has 0 bridgehead atoms. The molecule has 0 radical (unpaired) electrons. The third-order valence-corrected chi connectivity index (χ3v) is 3.33. The number of rotatable bonds is 5. The second kappa shape index (κ2) is 6.08. The van der Waals surface area contributed by atoms with Gasteiger partial charge in [0.1, 0.15) is 0 Å². The van der Waals surface area contributed by atoms with Crippen molar-refractivity contribution in [3.05, 3.63) is 17.0 Å². The van der Waals surface area contributed by atoms with Crippen molar-refractivity contribution in [2.24, 2.45) is 0 Å². The molecule has 0 atom stereocenters. The predicted octanol–water partition coefficient (Wildman–Crippen LogP) is 2.27. The number of unbranched alkanes of at least 4 members (excludes halogenated alkanes) is 1. The van der Waals surface area contributed by atoms with Gasteiger partial charge in [0.05, 0.1) is 0 Å². The van der Waals surface area contributed by atoms with Crippen molar-refractivity contribution in [2.75, 3.05) is 12.4 Å². The van der Waals surface area contributed by atoms with Crippen LogP contribution in [0.25, 0.3) is 0 Å². The summed E-state index contributed by atoms with van der Waals surface area (Å²) in [7, 11) is 0. The number of nitrogens with zero attached hydrogens (tertiary/aromatic N) is 2. The molecule has 0 saturated carbocycles. The van der Waals surface area contributed by atoms with E-state index in [4.69, 9.17) is 5.11 Å². The molecule has 0 aromatic carbocycles. The number of aryl methyl sites for hydroxylation is 2. The first kappa shape index (κ1) is 12.5. The molecule has 0 spiro atoms. The zero-order chi connectivity index (χ0) is 11.3. The molecule has 1 heterocycles. The number of thioether (sulfide) groups is 1. The first-order valence-corrected chi connectivity index (χ1v) is 6.19. The minimum Gasteiger partial charge on any atom is -0.396 e. The Hall–Kier alpha value is -0.610. The Morgan fingerprint density at radius 2 is 1.67 bits per heavy atom. The van der Waals surface area contributed by atoms with E-state index in [1.165, 1.54) is 5.56 Å². The van der Waals surface area contributed by atoms with Gasteiger partial charge in [-0.25, -0.2) is 9.97 Å². The van der Waals surface area contributed by atoms with Gasteiger partial charge in [-0.05, 0) is 39.2 Å². The highest BCUT2D eigenvalue weighted by atomic mass is 32.2. The Kier molecular flexibility index (Phi) is 5.05. The van der Waals surface area contributed by atoms with Gasteiger partial charge in [-0.15, -0.1) is 0 Å². The maximum absolute atomic E-state index is 8.65. The average Bonchev–Trinajstić information content (AvgIpc) is 2.21. The van der Waals surface area contributed by atoms with Crippen molar-refractivity contribution in [1.29, 1.82) is 0 Å². The van der Waals surface area contributed by atoms with Crippen molar-refractivity contribution in [1.82, 2.24) is 9.97 Å². The van der Waals surface area contributed by atoms with Crippen LogP contribution in [0.15, 0.2) is 5.16 Å². The molecular formula is C11H18N2OS. The third kappa shape index (κ3) is 3.80. The van der Waals surface area contributed by atoms with Gasteiger partial charge in [0.2, 0.25) is 0 Å². The van der Waals surface area contributed by atoms with E-state index in [0.29, 0.717) is 0 Å². The van der Waals surface area contributed by atoms with Crippen LogP contribution in [0.4, 0.5) is 0 Å². The quantitative estimate of drug-likeness (QED) is 0.475. The average molecular weight is 226 g/mol. The summed E-state index contributed by atoms with van der Waals surface area (Å²) in [6.45, 7) is 6.35. The number of hydrogen-bond acceptors (Lipinski definition) is 4. The van der Waals surface area contributed by atoms with Gasteiger partial charge in [-0.3, -0.25) is 0 Å². The van der Waals surface area contributed by atoms with E-state index in [9.17, 15) is 0 Å². The Balaban J connectivity index is 2.55. The van der Waals surface area contributed by atoms with Crippen molar-refractivity contribution in [3.63, 3.8) is 0 Å². The fraction of sp³-hybridized carbons (Fsp3) is 0.636. The Labute approximate surface area is 95.3 Å². The molecule has 4 heteroatoms. The van der Waals surface area contributed by atoms with E-state index >= 15 is 0 Å². The molecular weight excluding hydrogens is 208 g/mol. The molecule has 1 aromatic rings. The lowest BCUT2D eigenvalue weighted by Crippen LogP contribution is -1.98. The molecule has 1 rings (SSSR count). The van der Waals surface area contributed by atoms with Crippen LogP contribution in [0, 0.1) is 20.8 Å². The van der Waals surface area contributed by atoms with Crippen molar-refractivity contribution in [2.45, 2.75) is 38.8 Å². The van der Waals surface area contributed by atoms with Gasteiger partial charge in [0.25, 0.3) is 0 Å². The lowest BCUT2D eigenvalue weighted by Gasteiger charge is -2.06. The number of aliphatic hydroxyl groups is 1. The van der Waals surface area contributed by atoms with E-state index in [2.05, 4.69) is 9.97 Å². The molecule has 0 amide bonds. The summed E-state index contributed by atoms with van der Waals surface area (Å²) in [5.74, 6) is 0.975. The Morgan fingerprint density at radius 3 is 2.20 bits per heavy atom. The second-order valence-electron chi connectivity index (χ2n) is 3.58. The van der Waals surface area contributed by atoms with Crippen LogP contribution in [0.5, 0.6) is 0 Å². The van der Waals surface area contributed by atoms with E-state index in [0.717, 1.165) is 35.1 Å². The van der Waals surface area contributed by atoms with Gasteiger partial charge in [0.15, 0.2) is 5.16 Å². The zero-order valence-electron chi connectivity index (χ0n) is 9.58. The highest BCUT2D eigenvalue weighted by Gasteiger charge is 2.04. The second-order valence-corrected chi connectivity index (χ2v) is 4.64. The van der Waals surface area contributed by atoms with Gasteiger partial charge in [-0.2, -0.15) is 0 Å². The molecule has 3 nitrogen and oxygen atoms in total. The van der Waals surface area contributed by atoms with E-state index in [1.54, 1.807) is 11.8 Å². The van der Waals surface area contributed by atoms with Gasteiger partial charge < -0.3 is 5.11 Å². The van der Waals surface area contributed by atoms with E-state index in [-0.39, 0.29) is 6.61 Å². The summed E-state index contributed by atoms with van der Waals surface area (Å²) in [6, 6.07) is 0. The van der Waals surface area contributed by atoms with Crippen LogP contribution in [-0.4, -0.2) is 27.4 Å². The molecule has 0 unspecified atom stereocenters. The predicted molar refractivity (Wildman–Crippen MR) is 63.3 cm³/mol. The van der Waals surface area contributed by atoms with Crippen molar-refractivity contribution < 1.29 is 5.11 Å². The first-order chi connectivity index (χ1) is 7.15.